The number of carbonyl (C=O) groups excluding carboxylic acids is 3. The third kappa shape index (κ3) is 5.81. The topological polar surface area (TPSA) is 137 Å². The molecule has 0 saturated carbocycles. The number of amides is 2. The standard InChI is InChI=1S/C12H18N4O4/c13-6-2-1-3-9(14)11(18)20-10(17)5-4-8-7-15-12(19)16-8/h7,9H,1-6,13-14H2/t9-/m0/s1. The van der Waals surface area contributed by atoms with Gasteiger partial charge in [-0.05, 0) is 19.4 Å². The van der Waals surface area contributed by atoms with Crippen molar-refractivity contribution in [1.82, 2.24) is 0 Å². The zero-order valence-electron chi connectivity index (χ0n) is 11.1. The van der Waals surface area contributed by atoms with Gasteiger partial charge in [-0.3, -0.25) is 4.79 Å². The molecule has 0 unspecified atom stereocenters. The Morgan fingerprint density at radius 3 is 2.70 bits per heavy atom. The highest BCUT2D eigenvalue weighted by Gasteiger charge is 2.19. The van der Waals surface area contributed by atoms with Crippen molar-refractivity contribution in [3.8, 4) is 0 Å². The zero-order valence-corrected chi connectivity index (χ0v) is 11.1. The van der Waals surface area contributed by atoms with Gasteiger partial charge in [0.1, 0.15) is 6.04 Å². The van der Waals surface area contributed by atoms with E-state index in [9.17, 15) is 14.4 Å². The summed E-state index contributed by atoms with van der Waals surface area (Å²) in [6.07, 6.45) is 3.33. The molecule has 0 aromatic rings. The maximum Gasteiger partial charge on any atom is 0.367 e. The van der Waals surface area contributed by atoms with Gasteiger partial charge in [0.2, 0.25) is 0 Å². The van der Waals surface area contributed by atoms with Crippen molar-refractivity contribution < 1.29 is 19.1 Å². The number of rotatable bonds is 8. The van der Waals surface area contributed by atoms with Crippen molar-refractivity contribution in [2.75, 3.05) is 6.54 Å². The number of aliphatic imine (C=N–C) groups is 2. The number of nitrogens with two attached hydrogens (primary N) is 2. The Morgan fingerprint density at radius 2 is 2.10 bits per heavy atom. The molecule has 8 heteroatoms. The Kier molecular flexibility index (Phi) is 6.68. The summed E-state index contributed by atoms with van der Waals surface area (Å²) >= 11 is 0. The van der Waals surface area contributed by atoms with E-state index in [1.54, 1.807) is 0 Å². The van der Waals surface area contributed by atoms with Crippen molar-refractivity contribution in [3.05, 3.63) is 0 Å². The summed E-state index contributed by atoms with van der Waals surface area (Å²) in [6.45, 7) is 0.531. The summed E-state index contributed by atoms with van der Waals surface area (Å²) in [5.74, 6) is -1.44. The van der Waals surface area contributed by atoms with Gasteiger partial charge in [0.15, 0.2) is 0 Å². The lowest BCUT2D eigenvalue weighted by molar-refractivity contribution is -0.160. The molecule has 0 fully saturated rings. The van der Waals surface area contributed by atoms with E-state index >= 15 is 0 Å². The van der Waals surface area contributed by atoms with Crippen molar-refractivity contribution in [2.24, 2.45) is 21.5 Å². The van der Waals surface area contributed by atoms with Gasteiger partial charge in [0.25, 0.3) is 0 Å². The average molecular weight is 282 g/mol. The Hall–Kier alpha value is -1.93. The van der Waals surface area contributed by atoms with E-state index < -0.39 is 24.0 Å². The number of hydrogen-bond donors (Lipinski definition) is 2. The molecule has 1 aliphatic rings. The number of unbranched alkanes of at least 4 members (excludes halogenated alkanes) is 1. The fourth-order valence-corrected chi connectivity index (χ4v) is 1.53. The fourth-order valence-electron chi connectivity index (χ4n) is 1.53. The molecule has 1 atom stereocenters. The number of carbonyl (C=O) groups is 3. The van der Waals surface area contributed by atoms with Crippen LogP contribution in [0.2, 0.25) is 0 Å². The third-order valence-electron chi connectivity index (χ3n) is 2.63. The van der Waals surface area contributed by atoms with Crippen molar-refractivity contribution in [2.45, 2.75) is 38.1 Å². The normalized spacial score (nSPS) is 15.1. The highest BCUT2D eigenvalue weighted by molar-refractivity contribution is 6.37. The van der Waals surface area contributed by atoms with Crippen molar-refractivity contribution >= 4 is 29.9 Å². The van der Waals surface area contributed by atoms with Crippen LogP contribution in [0.5, 0.6) is 0 Å². The summed E-state index contributed by atoms with van der Waals surface area (Å²) in [5.41, 5.74) is 11.3. The maximum absolute atomic E-state index is 11.5. The molecule has 2 amide bonds. The Morgan fingerprint density at radius 1 is 1.35 bits per heavy atom. The Labute approximate surface area is 116 Å². The van der Waals surface area contributed by atoms with Crippen LogP contribution in [0.4, 0.5) is 4.79 Å². The molecule has 20 heavy (non-hydrogen) atoms. The van der Waals surface area contributed by atoms with E-state index in [1.807, 2.05) is 0 Å². The smallest absolute Gasteiger partial charge is 0.367 e. The minimum absolute atomic E-state index is 0.0562. The molecule has 0 aromatic heterocycles. The molecule has 0 radical (unpaired) electrons. The minimum atomic E-state index is -0.822. The second kappa shape index (κ2) is 8.28. The fraction of sp³-hybridized carbons (Fsp3) is 0.583. The third-order valence-corrected chi connectivity index (χ3v) is 2.63. The summed E-state index contributed by atoms with van der Waals surface area (Å²) in [7, 11) is 0. The molecule has 110 valence electrons. The first kappa shape index (κ1) is 16.1. The van der Waals surface area contributed by atoms with Gasteiger partial charge < -0.3 is 16.2 Å². The highest BCUT2D eigenvalue weighted by atomic mass is 16.6. The molecule has 1 aliphatic heterocycles. The van der Waals surface area contributed by atoms with Gasteiger partial charge in [0, 0.05) is 6.42 Å². The predicted octanol–water partition coefficient (Wildman–Crippen LogP) is -0.0619. The molecule has 4 N–H and O–H groups in total. The zero-order chi connectivity index (χ0) is 15.0. The largest absolute Gasteiger partial charge is 0.392 e. The van der Waals surface area contributed by atoms with Crippen LogP contribution < -0.4 is 11.5 Å². The first-order chi connectivity index (χ1) is 9.52. The van der Waals surface area contributed by atoms with Crippen LogP contribution in [0, 0.1) is 0 Å². The highest BCUT2D eigenvalue weighted by Crippen LogP contribution is 2.04. The van der Waals surface area contributed by atoms with Gasteiger partial charge in [-0.25, -0.2) is 9.59 Å². The second-order valence-corrected chi connectivity index (χ2v) is 4.33. The van der Waals surface area contributed by atoms with Gasteiger partial charge in [0.05, 0.1) is 18.3 Å². The molecule has 0 aliphatic carbocycles. The van der Waals surface area contributed by atoms with E-state index in [0.29, 0.717) is 25.1 Å². The number of nitrogens with zero attached hydrogens (tertiary/aromatic N) is 2. The van der Waals surface area contributed by atoms with E-state index in [2.05, 4.69) is 14.7 Å². The van der Waals surface area contributed by atoms with Crippen LogP contribution in [0.1, 0.15) is 32.1 Å². The number of ether oxygens (including phenoxy) is 1. The summed E-state index contributed by atoms with van der Waals surface area (Å²) in [4.78, 5) is 40.6. The van der Waals surface area contributed by atoms with Crippen molar-refractivity contribution in [3.63, 3.8) is 0 Å². The van der Waals surface area contributed by atoms with Crippen LogP contribution >= 0.6 is 0 Å². The molecule has 1 rings (SSSR count). The molecule has 1 heterocycles. The van der Waals surface area contributed by atoms with Crippen LogP contribution in [-0.2, 0) is 14.3 Å². The molecule has 0 spiro atoms. The SMILES string of the molecule is NCCCC[C@H](N)C(=O)OC(=O)CCC1=NC(=O)N=C1. The van der Waals surface area contributed by atoms with Crippen molar-refractivity contribution in [1.29, 1.82) is 0 Å². The van der Waals surface area contributed by atoms with Gasteiger partial charge in [-0.1, -0.05) is 6.42 Å². The number of urea groups is 1. The van der Waals surface area contributed by atoms with Crippen LogP contribution in [0.25, 0.3) is 0 Å². The van der Waals surface area contributed by atoms with E-state index in [4.69, 9.17) is 11.5 Å². The van der Waals surface area contributed by atoms with Gasteiger partial charge in [-0.15, -0.1) is 0 Å². The number of esters is 2. The Balaban J connectivity index is 2.24. The lowest BCUT2D eigenvalue weighted by Gasteiger charge is -2.09. The first-order valence-electron chi connectivity index (χ1n) is 6.38. The monoisotopic (exact) mass is 282 g/mol. The lowest BCUT2D eigenvalue weighted by atomic mass is 10.1. The summed E-state index contributed by atoms with van der Waals surface area (Å²) in [5, 5.41) is 0. The minimum Gasteiger partial charge on any atom is -0.392 e. The van der Waals surface area contributed by atoms with E-state index in [-0.39, 0.29) is 12.8 Å². The maximum atomic E-state index is 11.5. The molecule has 0 saturated heterocycles. The van der Waals surface area contributed by atoms with Gasteiger partial charge in [-0.2, -0.15) is 9.98 Å². The van der Waals surface area contributed by atoms with Gasteiger partial charge >= 0.3 is 18.0 Å². The molecular weight excluding hydrogens is 264 g/mol. The molecule has 0 aromatic carbocycles. The summed E-state index contributed by atoms with van der Waals surface area (Å²) in [6, 6.07) is -1.41. The average Bonchev–Trinajstić information content (AvgIpc) is 2.82. The van der Waals surface area contributed by atoms with Crippen LogP contribution in [0.3, 0.4) is 0 Å². The molecular formula is C12H18N4O4. The Bertz CT molecular complexity index is 445. The lowest BCUT2D eigenvalue weighted by Crippen LogP contribution is -2.34. The second-order valence-electron chi connectivity index (χ2n) is 4.33. The number of hydrogen-bond acceptors (Lipinski definition) is 6. The first-order valence-corrected chi connectivity index (χ1v) is 6.38. The molecule has 0 bridgehead atoms. The quantitative estimate of drug-likeness (QED) is 0.363. The van der Waals surface area contributed by atoms with Crippen LogP contribution in [0.15, 0.2) is 9.98 Å². The van der Waals surface area contributed by atoms with E-state index in [0.717, 1.165) is 6.42 Å². The van der Waals surface area contributed by atoms with Crippen LogP contribution in [-0.4, -0.2) is 42.5 Å². The molecule has 8 nitrogen and oxygen atoms in total. The predicted molar refractivity (Wildman–Crippen MR) is 72.5 cm³/mol. The van der Waals surface area contributed by atoms with E-state index in [1.165, 1.54) is 6.21 Å². The summed E-state index contributed by atoms with van der Waals surface area (Å²) < 4.78 is 4.61.